The van der Waals surface area contributed by atoms with E-state index in [4.69, 9.17) is 28.4 Å². The highest BCUT2D eigenvalue weighted by molar-refractivity contribution is 7.80. The average Bonchev–Trinajstić information content (AvgIpc) is 2.25. The summed E-state index contributed by atoms with van der Waals surface area (Å²) in [6.45, 7) is 0.549. The van der Waals surface area contributed by atoms with Gasteiger partial charge in [-0.3, -0.25) is 4.79 Å². The van der Waals surface area contributed by atoms with Gasteiger partial charge in [-0.05, 0) is 30.7 Å². The Bertz CT molecular complexity index is 376. The maximum absolute atomic E-state index is 10.8. The van der Waals surface area contributed by atoms with Crippen LogP contribution in [0.5, 0.6) is 5.75 Å². The summed E-state index contributed by atoms with van der Waals surface area (Å²) in [4.78, 5) is 11.3. The van der Waals surface area contributed by atoms with Gasteiger partial charge in [0.2, 0.25) is 5.91 Å². The fourth-order valence-electron chi connectivity index (χ4n) is 1.15. The maximum atomic E-state index is 10.8. The minimum absolute atomic E-state index is 0.444. The molecule has 0 aliphatic heterocycles. The van der Waals surface area contributed by atoms with Crippen LogP contribution in [0.4, 0.5) is 0 Å². The Morgan fingerprint density at radius 1 is 1.25 bits per heavy atom. The van der Waals surface area contributed by atoms with Crippen molar-refractivity contribution in [1.29, 1.82) is 0 Å². The van der Waals surface area contributed by atoms with E-state index in [1.54, 1.807) is 24.3 Å². The third kappa shape index (κ3) is 4.27. The van der Waals surface area contributed by atoms with Gasteiger partial charge in [0.1, 0.15) is 5.75 Å². The maximum Gasteiger partial charge on any atom is 0.248 e. The number of hydrogen-bond donors (Lipinski definition) is 2. The van der Waals surface area contributed by atoms with Crippen molar-refractivity contribution in [1.82, 2.24) is 0 Å². The molecule has 0 saturated carbocycles. The monoisotopic (exact) mass is 238 g/mol. The van der Waals surface area contributed by atoms with Crippen molar-refractivity contribution >= 4 is 23.1 Å². The summed E-state index contributed by atoms with van der Waals surface area (Å²) >= 11 is 4.74. The Balaban J connectivity index is 2.38. The first kappa shape index (κ1) is 12.4. The van der Waals surface area contributed by atoms with E-state index in [0.29, 0.717) is 29.3 Å². The summed E-state index contributed by atoms with van der Waals surface area (Å²) in [6.07, 6.45) is 1.46. The highest BCUT2D eigenvalue weighted by atomic mass is 32.1. The van der Waals surface area contributed by atoms with Crippen LogP contribution in [0, 0.1) is 0 Å². The molecule has 0 unspecified atom stereocenters. The fourth-order valence-corrected chi connectivity index (χ4v) is 1.30. The first-order chi connectivity index (χ1) is 7.59. The third-order valence-electron chi connectivity index (χ3n) is 1.98. The van der Waals surface area contributed by atoms with Gasteiger partial charge in [0.25, 0.3) is 0 Å². The Hall–Kier alpha value is -1.62. The molecule has 0 bridgehead atoms. The van der Waals surface area contributed by atoms with E-state index in [-0.39, 0.29) is 0 Å². The number of benzene rings is 1. The van der Waals surface area contributed by atoms with E-state index in [2.05, 4.69) is 0 Å². The van der Waals surface area contributed by atoms with E-state index in [1.165, 1.54) is 0 Å². The Kier molecular flexibility index (Phi) is 4.72. The van der Waals surface area contributed by atoms with Crippen LogP contribution in [0.3, 0.4) is 0 Å². The minimum Gasteiger partial charge on any atom is -0.494 e. The molecule has 0 aliphatic rings. The summed E-state index contributed by atoms with van der Waals surface area (Å²) in [5.41, 5.74) is 10.9. The van der Waals surface area contributed by atoms with Gasteiger partial charge in [-0.25, -0.2) is 0 Å². The lowest BCUT2D eigenvalue weighted by molar-refractivity contribution is 0.100. The van der Waals surface area contributed by atoms with Crippen molar-refractivity contribution in [3.63, 3.8) is 0 Å². The Labute approximate surface area is 99.6 Å². The first-order valence-corrected chi connectivity index (χ1v) is 5.31. The first-order valence-electron chi connectivity index (χ1n) is 4.90. The van der Waals surface area contributed by atoms with Crippen molar-refractivity contribution in [3.8, 4) is 5.75 Å². The van der Waals surface area contributed by atoms with Gasteiger partial charge in [-0.1, -0.05) is 12.2 Å². The minimum atomic E-state index is -0.444. The Morgan fingerprint density at radius 2 is 1.88 bits per heavy atom. The number of ether oxygens (including phenoxy) is 1. The zero-order valence-electron chi connectivity index (χ0n) is 8.81. The van der Waals surface area contributed by atoms with Crippen molar-refractivity contribution in [2.75, 3.05) is 6.61 Å². The van der Waals surface area contributed by atoms with Crippen LogP contribution in [0.25, 0.3) is 0 Å². The molecule has 0 atom stereocenters. The van der Waals surface area contributed by atoms with Gasteiger partial charge in [0.15, 0.2) is 0 Å². The summed E-state index contributed by atoms with van der Waals surface area (Å²) in [6, 6.07) is 6.68. The molecule has 0 aliphatic carbocycles. The fraction of sp³-hybridized carbons (Fsp3) is 0.273. The Morgan fingerprint density at radius 3 is 2.38 bits per heavy atom. The van der Waals surface area contributed by atoms with Crippen LogP contribution >= 0.6 is 12.2 Å². The largest absolute Gasteiger partial charge is 0.494 e. The molecule has 0 spiro atoms. The van der Waals surface area contributed by atoms with Crippen molar-refractivity contribution in [2.45, 2.75) is 12.8 Å². The van der Waals surface area contributed by atoms with Gasteiger partial charge in [-0.15, -0.1) is 0 Å². The van der Waals surface area contributed by atoms with Gasteiger partial charge in [-0.2, -0.15) is 0 Å². The second-order valence-corrected chi connectivity index (χ2v) is 3.83. The SMILES string of the molecule is NC(=O)c1ccc(OCCCC(N)=S)cc1. The van der Waals surface area contributed by atoms with Crippen LogP contribution < -0.4 is 16.2 Å². The molecule has 5 heteroatoms. The number of amides is 1. The molecule has 0 fully saturated rings. The van der Waals surface area contributed by atoms with E-state index in [0.717, 1.165) is 6.42 Å². The number of carbonyl (C=O) groups excluding carboxylic acids is 1. The lowest BCUT2D eigenvalue weighted by Crippen LogP contribution is -2.11. The highest BCUT2D eigenvalue weighted by Gasteiger charge is 2.00. The summed E-state index contributed by atoms with van der Waals surface area (Å²) in [5.74, 6) is 0.257. The number of carbonyl (C=O) groups is 1. The van der Waals surface area contributed by atoms with E-state index < -0.39 is 5.91 Å². The molecule has 1 aromatic carbocycles. The number of primary amides is 1. The zero-order chi connectivity index (χ0) is 12.0. The number of thiocarbonyl (C=S) groups is 1. The van der Waals surface area contributed by atoms with Crippen LogP contribution in [-0.2, 0) is 0 Å². The summed E-state index contributed by atoms with van der Waals surface area (Å²) in [5, 5.41) is 0. The smallest absolute Gasteiger partial charge is 0.248 e. The molecule has 16 heavy (non-hydrogen) atoms. The molecule has 4 N–H and O–H groups in total. The van der Waals surface area contributed by atoms with Crippen molar-refractivity contribution in [2.24, 2.45) is 11.5 Å². The normalized spacial score (nSPS) is 9.75. The number of hydrogen-bond acceptors (Lipinski definition) is 3. The zero-order valence-corrected chi connectivity index (χ0v) is 9.63. The van der Waals surface area contributed by atoms with E-state index in [1.807, 2.05) is 0 Å². The van der Waals surface area contributed by atoms with Crippen molar-refractivity contribution < 1.29 is 9.53 Å². The highest BCUT2D eigenvalue weighted by Crippen LogP contribution is 2.12. The second-order valence-electron chi connectivity index (χ2n) is 3.31. The molecule has 0 aromatic heterocycles. The van der Waals surface area contributed by atoms with Crippen LogP contribution in [0.15, 0.2) is 24.3 Å². The summed E-state index contributed by atoms with van der Waals surface area (Å²) in [7, 11) is 0. The lowest BCUT2D eigenvalue weighted by atomic mass is 10.2. The molecule has 4 nitrogen and oxygen atoms in total. The topological polar surface area (TPSA) is 78.3 Å². The molecular formula is C11H14N2O2S. The van der Waals surface area contributed by atoms with E-state index >= 15 is 0 Å². The van der Waals surface area contributed by atoms with Gasteiger partial charge in [0, 0.05) is 12.0 Å². The molecule has 1 rings (SSSR count). The quantitative estimate of drug-likeness (QED) is 0.577. The van der Waals surface area contributed by atoms with Crippen LogP contribution in [-0.4, -0.2) is 17.5 Å². The van der Waals surface area contributed by atoms with Crippen LogP contribution in [0.1, 0.15) is 23.2 Å². The van der Waals surface area contributed by atoms with Gasteiger partial charge < -0.3 is 16.2 Å². The predicted octanol–water partition coefficient (Wildman–Crippen LogP) is 1.23. The third-order valence-corrected chi connectivity index (χ3v) is 2.18. The summed E-state index contributed by atoms with van der Waals surface area (Å²) < 4.78 is 5.42. The van der Waals surface area contributed by atoms with Crippen molar-refractivity contribution in [3.05, 3.63) is 29.8 Å². The number of rotatable bonds is 6. The molecule has 1 aromatic rings. The predicted molar refractivity (Wildman–Crippen MR) is 66.5 cm³/mol. The molecule has 0 radical (unpaired) electrons. The number of nitrogens with two attached hydrogens (primary N) is 2. The molecular weight excluding hydrogens is 224 g/mol. The van der Waals surface area contributed by atoms with Gasteiger partial charge in [0.05, 0.1) is 11.6 Å². The molecule has 0 saturated heterocycles. The molecule has 1 amide bonds. The molecule has 86 valence electrons. The standard InChI is InChI=1S/C11H14N2O2S/c12-10(16)2-1-7-15-9-5-3-8(4-6-9)11(13)14/h3-6H,1-2,7H2,(H2,12,16)(H2,13,14). The average molecular weight is 238 g/mol. The molecule has 0 heterocycles. The van der Waals surface area contributed by atoms with Gasteiger partial charge >= 0.3 is 0 Å². The lowest BCUT2D eigenvalue weighted by Gasteiger charge is -2.05. The van der Waals surface area contributed by atoms with E-state index in [9.17, 15) is 4.79 Å². The van der Waals surface area contributed by atoms with Crippen LogP contribution in [0.2, 0.25) is 0 Å². The second kappa shape index (κ2) is 6.07.